The Balaban J connectivity index is 1.78. The standard InChI is InChI=1S/C14H16N6O/c15-13(21)10-1-2-12(17-7-10)11-8-18-14(19-9-11)20-5-3-16-4-6-20/h1-2,7-9,16H,3-6H2,(H2,15,21). The summed E-state index contributed by atoms with van der Waals surface area (Å²) >= 11 is 0. The zero-order valence-electron chi connectivity index (χ0n) is 11.5. The average molecular weight is 284 g/mol. The normalized spacial score (nSPS) is 15.0. The van der Waals surface area contributed by atoms with E-state index >= 15 is 0 Å². The smallest absolute Gasteiger partial charge is 0.250 e. The van der Waals surface area contributed by atoms with Gasteiger partial charge in [0.1, 0.15) is 0 Å². The third-order valence-corrected chi connectivity index (χ3v) is 3.38. The van der Waals surface area contributed by atoms with Gasteiger partial charge in [0.25, 0.3) is 0 Å². The minimum atomic E-state index is -0.487. The molecule has 0 unspecified atom stereocenters. The predicted molar refractivity (Wildman–Crippen MR) is 78.9 cm³/mol. The molecule has 0 radical (unpaired) electrons. The van der Waals surface area contributed by atoms with Crippen LogP contribution in [0.3, 0.4) is 0 Å². The fraction of sp³-hybridized carbons (Fsp3) is 0.286. The van der Waals surface area contributed by atoms with Gasteiger partial charge in [-0.25, -0.2) is 9.97 Å². The van der Waals surface area contributed by atoms with E-state index in [0.717, 1.165) is 37.7 Å². The van der Waals surface area contributed by atoms with Crippen LogP contribution in [-0.4, -0.2) is 47.0 Å². The zero-order valence-corrected chi connectivity index (χ0v) is 11.5. The molecule has 1 fully saturated rings. The van der Waals surface area contributed by atoms with E-state index < -0.39 is 5.91 Å². The molecule has 7 heteroatoms. The van der Waals surface area contributed by atoms with Crippen molar-refractivity contribution in [2.45, 2.75) is 0 Å². The molecule has 3 heterocycles. The lowest BCUT2D eigenvalue weighted by atomic mass is 10.2. The van der Waals surface area contributed by atoms with Crippen molar-refractivity contribution in [2.24, 2.45) is 5.73 Å². The number of piperazine rings is 1. The highest BCUT2D eigenvalue weighted by Gasteiger charge is 2.13. The molecule has 0 atom stereocenters. The maximum atomic E-state index is 11.0. The first-order valence-electron chi connectivity index (χ1n) is 6.78. The zero-order chi connectivity index (χ0) is 14.7. The van der Waals surface area contributed by atoms with Gasteiger partial charge in [-0.1, -0.05) is 0 Å². The summed E-state index contributed by atoms with van der Waals surface area (Å²) in [6.45, 7) is 3.71. The monoisotopic (exact) mass is 284 g/mol. The number of hydrogen-bond donors (Lipinski definition) is 2. The summed E-state index contributed by atoms with van der Waals surface area (Å²) in [6.07, 6.45) is 4.95. The Hall–Kier alpha value is -2.54. The number of pyridine rings is 1. The third kappa shape index (κ3) is 2.97. The molecule has 1 aliphatic heterocycles. The Morgan fingerprint density at radius 2 is 1.81 bits per heavy atom. The topological polar surface area (TPSA) is 97.0 Å². The van der Waals surface area contributed by atoms with Gasteiger partial charge in [0.2, 0.25) is 11.9 Å². The molecular formula is C14H16N6O. The van der Waals surface area contributed by atoms with E-state index in [1.54, 1.807) is 24.5 Å². The number of nitrogens with two attached hydrogens (primary N) is 1. The largest absolute Gasteiger partial charge is 0.366 e. The maximum absolute atomic E-state index is 11.0. The number of carbonyl (C=O) groups is 1. The lowest BCUT2D eigenvalue weighted by Crippen LogP contribution is -2.44. The van der Waals surface area contributed by atoms with Crippen molar-refractivity contribution in [2.75, 3.05) is 31.1 Å². The second kappa shape index (κ2) is 5.84. The number of amides is 1. The minimum Gasteiger partial charge on any atom is -0.366 e. The molecule has 0 saturated carbocycles. The van der Waals surface area contributed by atoms with Gasteiger partial charge in [-0.2, -0.15) is 0 Å². The number of nitrogens with zero attached hydrogens (tertiary/aromatic N) is 4. The number of anilines is 1. The molecule has 21 heavy (non-hydrogen) atoms. The Morgan fingerprint density at radius 3 is 2.38 bits per heavy atom. The van der Waals surface area contributed by atoms with Crippen molar-refractivity contribution in [1.82, 2.24) is 20.3 Å². The fourth-order valence-corrected chi connectivity index (χ4v) is 2.19. The molecule has 0 spiro atoms. The molecule has 0 aliphatic carbocycles. The first kappa shape index (κ1) is 13.4. The number of primary amides is 1. The summed E-state index contributed by atoms with van der Waals surface area (Å²) in [5.41, 5.74) is 7.10. The van der Waals surface area contributed by atoms with Crippen LogP contribution in [-0.2, 0) is 0 Å². The van der Waals surface area contributed by atoms with Crippen LogP contribution in [0.25, 0.3) is 11.3 Å². The molecule has 108 valence electrons. The van der Waals surface area contributed by atoms with Crippen LogP contribution in [0.1, 0.15) is 10.4 Å². The van der Waals surface area contributed by atoms with Crippen LogP contribution in [0.15, 0.2) is 30.7 Å². The number of aromatic nitrogens is 3. The maximum Gasteiger partial charge on any atom is 0.250 e. The van der Waals surface area contributed by atoms with Crippen molar-refractivity contribution in [1.29, 1.82) is 0 Å². The Labute approximate surface area is 122 Å². The lowest BCUT2D eigenvalue weighted by molar-refractivity contribution is 0.1000. The molecule has 0 aromatic carbocycles. The van der Waals surface area contributed by atoms with E-state index in [1.165, 1.54) is 6.20 Å². The quantitative estimate of drug-likeness (QED) is 0.826. The summed E-state index contributed by atoms with van der Waals surface area (Å²) in [4.78, 5) is 26.1. The highest BCUT2D eigenvalue weighted by molar-refractivity contribution is 5.92. The Bertz CT molecular complexity index is 619. The number of rotatable bonds is 3. The summed E-state index contributed by atoms with van der Waals surface area (Å²) in [5, 5.41) is 3.29. The average Bonchev–Trinajstić information content (AvgIpc) is 2.56. The van der Waals surface area contributed by atoms with Crippen molar-refractivity contribution >= 4 is 11.9 Å². The summed E-state index contributed by atoms with van der Waals surface area (Å²) in [7, 11) is 0. The second-order valence-corrected chi connectivity index (χ2v) is 4.81. The first-order valence-corrected chi connectivity index (χ1v) is 6.78. The van der Waals surface area contributed by atoms with E-state index in [1.807, 2.05) is 0 Å². The van der Waals surface area contributed by atoms with Gasteiger partial charge >= 0.3 is 0 Å². The summed E-state index contributed by atoms with van der Waals surface area (Å²) in [5.74, 6) is 0.244. The molecule has 7 nitrogen and oxygen atoms in total. The van der Waals surface area contributed by atoms with E-state index in [4.69, 9.17) is 5.73 Å². The van der Waals surface area contributed by atoms with Crippen LogP contribution in [0.4, 0.5) is 5.95 Å². The van der Waals surface area contributed by atoms with Gasteiger partial charge in [0, 0.05) is 50.3 Å². The van der Waals surface area contributed by atoms with Crippen LogP contribution < -0.4 is 16.0 Å². The van der Waals surface area contributed by atoms with Crippen LogP contribution >= 0.6 is 0 Å². The minimum absolute atomic E-state index is 0.386. The highest BCUT2D eigenvalue weighted by atomic mass is 16.1. The number of carbonyl (C=O) groups excluding carboxylic acids is 1. The van der Waals surface area contributed by atoms with Crippen molar-refractivity contribution < 1.29 is 4.79 Å². The fourth-order valence-electron chi connectivity index (χ4n) is 2.19. The molecule has 1 amide bonds. The van der Waals surface area contributed by atoms with E-state index in [-0.39, 0.29) is 0 Å². The van der Waals surface area contributed by atoms with Crippen LogP contribution in [0.2, 0.25) is 0 Å². The van der Waals surface area contributed by atoms with Gasteiger partial charge < -0.3 is 16.0 Å². The van der Waals surface area contributed by atoms with Crippen molar-refractivity contribution in [3.05, 3.63) is 36.3 Å². The lowest BCUT2D eigenvalue weighted by Gasteiger charge is -2.27. The predicted octanol–water partition coefficient (Wildman–Crippen LogP) is 0.0471. The van der Waals surface area contributed by atoms with Crippen molar-refractivity contribution in [3.63, 3.8) is 0 Å². The summed E-state index contributed by atoms with van der Waals surface area (Å²) in [6, 6.07) is 3.39. The molecule has 1 saturated heterocycles. The second-order valence-electron chi connectivity index (χ2n) is 4.81. The number of hydrogen-bond acceptors (Lipinski definition) is 6. The van der Waals surface area contributed by atoms with Gasteiger partial charge in [0.05, 0.1) is 11.3 Å². The van der Waals surface area contributed by atoms with Gasteiger partial charge in [0.15, 0.2) is 0 Å². The SMILES string of the molecule is NC(=O)c1ccc(-c2cnc(N3CCNCC3)nc2)nc1. The van der Waals surface area contributed by atoms with Crippen molar-refractivity contribution in [3.8, 4) is 11.3 Å². The van der Waals surface area contributed by atoms with E-state index in [2.05, 4.69) is 25.2 Å². The molecule has 3 N–H and O–H groups in total. The molecule has 0 bridgehead atoms. The Kier molecular flexibility index (Phi) is 3.74. The molecule has 1 aliphatic rings. The van der Waals surface area contributed by atoms with Gasteiger partial charge in [-0.15, -0.1) is 0 Å². The molecule has 2 aromatic rings. The van der Waals surface area contributed by atoms with E-state index in [0.29, 0.717) is 11.3 Å². The highest BCUT2D eigenvalue weighted by Crippen LogP contribution is 2.17. The molecular weight excluding hydrogens is 268 g/mol. The summed E-state index contributed by atoms with van der Waals surface area (Å²) < 4.78 is 0. The van der Waals surface area contributed by atoms with Crippen LogP contribution in [0.5, 0.6) is 0 Å². The first-order chi connectivity index (χ1) is 10.2. The van der Waals surface area contributed by atoms with Crippen LogP contribution in [0, 0.1) is 0 Å². The molecule has 2 aromatic heterocycles. The third-order valence-electron chi connectivity index (χ3n) is 3.38. The number of nitrogens with one attached hydrogen (secondary N) is 1. The van der Waals surface area contributed by atoms with Gasteiger partial charge in [-0.05, 0) is 12.1 Å². The van der Waals surface area contributed by atoms with E-state index in [9.17, 15) is 4.79 Å². The molecule has 3 rings (SSSR count). The van der Waals surface area contributed by atoms with Gasteiger partial charge in [-0.3, -0.25) is 9.78 Å². The Morgan fingerprint density at radius 1 is 1.10 bits per heavy atom.